The number of hydrogen-bond donors (Lipinski definition) is 1. The van der Waals surface area contributed by atoms with Crippen LogP contribution in [0.2, 0.25) is 0 Å². The van der Waals surface area contributed by atoms with E-state index in [0.29, 0.717) is 11.8 Å². The highest BCUT2D eigenvalue weighted by Gasteiger charge is 2.45. The molecule has 0 aromatic heterocycles. The number of nitrogens with zero attached hydrogens (tertiary/aromatic N) is 1. The molecule has 2 fully saturated rings. The fraction of sp³-hybridized carbons (Fsp3) is 0.588. The van der Waals surface area contributed by atoms with E-state index in [4.69, 9.17) is 0 Å². The molecule has 2 unspecified atom stereocenters. The largest absolute Gasteiger partial charge is 0.342 e. The lowest BCUT2D eigenvalue weighted by Gasteiger charge is -2.32. The maximum atomic E-state index is 12.5. The summed E-state index contributed by atoms with van der Waals surface area (Å²) in [6, 6.07) is 10.5. The number of likely N-dealkylation sites (tertiary alicyclic amines) is 1. The third-order valence-corrected chi connectivity index (χ3v) is 4.75. The summed E-state index contributed by atoms with van der Waals surface area (Å²) < 4.78 is 0. The minimum absolute atomic E-state index is 0.248. The monoisotopic (exact) mass is 272 g/mol. The van der Waals surface area contributed by atoms with Crippen LogP contribution < -0.4 is 5.32 Å². The standard InChI is InChI=1S/C17H24N2O/c1-18-12-13-7-9-19(10-8-13)17(20)16-11-15(16)14-5-3-2-4-6-14/h2-6,13,15-16,18H,7-12H2,1H3. The summed E-state index contributed by atoms with van der Waals surface area (Å²) in [4.78, 5) is 14.6. The van der Waals surface area contributed by atoms with Crippen LogP contribution in [0.3, 0.4) is 0 Å². The van der Waals surface area contributed by atoms with E-state index >= 15 is 0 Å². The molecule has 1 aromatic rings. The van der Waals surface area contributed by atoms with Crippen molar-refractivity contribution >= 4 is 5.91 Å². The molecule has 1 heterocycles. The quantitative estimate of drug-likeness (QED) is 0.912. The van der Waals surface area contributed by atoms with Crippen molar-refractivity contribution < 1.29 is 4.79 Å². The number of rotatable bonds is 4. The van der Waals surface area contributed by atoms with Crippen LogP contribution in [-0.2, 0) is 4.79 Å². The van der Waals surface area contributed by atoms with Gasteiger partial charge in [-0.2, -0.15) is 0 Å². The van der Waals surface area contributed by atoms with Crippen molar-refractivity contribution in [3.05, 3.63) is 35.9 Å². The average molecular weight is 272 g/mol. The molecule has 1 N–H and O–H groups in total. The van der Waals surface area contributed by atoms with E-state index in [-0.39, 0.29) is 5.92 Å². The molecule has 2 atom stereocenters. The molecule has 0 bridgehead atoms. The molecule has 3 rings (SSSR count). The average Bonchev–Trinajstić information content (AvgIpc) is 3.29. The Balaban J connectivity index is 1.52. The predicted molar refractivity (Wildman–Crippen MR) is 80.5 cm³/mol. The molecule has 2 aliphatic rings. The minimum atomic E-state index is 0.248. The number of benzene rings is 1. The van der Waals surface area contributed by atoms with Gasteiger partial charge in [0.1, 0.15) is 0 Å². The van der Waals surface area contributed by atoms with E-state index in [9.17, 15) is 4.79 Å². The molecule has 1 aromatic carbocycles. The second kappa shape index (κ2) is 5.96. The van der Waals surface area contributed by atoms with Gasteiger partial charge in [-0.05, 0) is 50.3 Å². The lowest BCUT2D eigenvalue weighted by molar-refractivity contribution is -0.134. The van der Waals surface area contributed by atoms with E-state index in [1.165, 1.54) is 5.56 Å². The smallest absolute Gasteiger partial charge is 0.226 e. The summed E-state index contributed by atoms with van der Waals surface area (Å²) in [5, 5.41) is 3.24. The Hall–Kier alpha value is -1.35. The number of piperidine rings is 1. The third kappa shape index (κ3) is 2.88. The third-order valence-electron chi connectivity index (χ3n) is 4.75. The van der Waals surface area contributed by atoms with Gasteiger partial charge in [0.2, 0.25) is 5.91 Å². The fourth-order valence-corrected chi connectivity index (χ4v) is 3.42. The molecule has 1 aliphatic carbocycles. The summed E-state index contributed by atoms with van der Waals surface area (Å²) >= 11 is 0. The Bertz CT molecular complexity index is 451. The molecule has 0 radical (unpaired) electrons. The Morgan fingerprint density at radius 2 is 1.95 bits per heavy atom. The SMILES string of the molecule is CNCC1CCN(C(=O)C2CC2c2ccccc2)CC1. The molecule has 3 nitrogen and oxygen atoms in total. The van der Waals surface area contributed by atoms with Crippen LogP contribution in [0, 0.1) is 11.8 Å². The van der Waals surface area contributed by atoms with Gasteiger partial charge in [-0.1, -0.05) is 30.3 Å². The van der Waals surface area contributed by atoms with Crippen molar-refractivity contribution in [2.75, 3.05) is 26.7 Å². The van der Waals surface area contributed by atoms with Crippen molar-refractivity contribution in [1.82, 2.24) is 10.2 Å². The second-order valence-corrected chi connectivity index (χ2v) is 6.19. The summed E-state index contributed by atoms with van der Waals surface area (Å²) in [5.41, 5.74) is 1.33. The number of nitrogens with one attached hydrogen (secondary N) is 1. The first-order valence-electron chi connectivity index (χ1n) is 7.78. The number of hydrogen-bond acceptors (Lipinski definition) is 2. The zero-order chi connectivity index (χ0) is 13.9. The summed E-state index contributed by atoms with van der Waals surface area (Å²) in [6.07, 6.45) is 3.34. The van der Waals surface area contributed by atoms with Crippen LogP contribution in [0.4, 0.5) is 0 Å². The molecule has 1 saturated carbocycles. The van der Waals surface area contributed by atoms with Gasteiger partial charge in [0, 0.05) is 19.0 Å². The molecular formula is C17H24N2O. The second-order valence-electron chi connectivity index (χ2n) is 6.19. The molecule has 3 heteroatoms. The number of carbonyl (C=O) groups excluding carboxylic acids is 1. The van der Waals surface area contributed by atoms with Crippen molar-refractivity contribution in [1.29, 1.82) is 0 Å². The van der Waals surface area contributed by atoms with Gasteiger partial charge in [0.05, 0.1) is 0 Å². The normalized spacial score (nSPS) is 26.6. The zero-order valence-corrected chi connectivity index (χ0v) is 12.2. The summed E-state index contributed by atoms with van der Waals surface area (Å²) in [6.45, 7) is 2.98. The maximum absolute atomic E-state index is 12.5. The zero-order valence-electron chi connectivity index (χ0n) is 12.2. The molecule has 20 heavy (non-hydrogen) atoms. The van der Waals surface area contributed by atoms with Crippen molar-refractivity contribution in [3.63, 3.8) is 0 Å². The van der Waals surface area contributed by atoms with Crippen LogP contribution in [-0.4, -0.2) is 37.5 Å². The van der Waals surface area contributed by atoms with Gasteiger partial charge in [0.25, 0.3) is 0 Å². The molecule has 108 valence electrons. The summed E-state index contributed by atoms with van der Waals surface area (Å²) in [5.74, 6) is 1.85. The van der Waals surface area contributed by atoms with Crippen LogP contribution in [0.15, 0.2) is 30.3 Å². The molecule has 1 saturated heterocycles. The van der Waals surface area contributed by atoms with Crippen LogP contribution in [0.1, 0.15) is 30.7 Å². The first kappa shape index (κ1) is 13.6. The van der Waals surface area contributed by atoms with Gasteiger partial charge >= 0.3 is 0 Å². The van der Waals surface area contributed by atoms with Crippen molar-refractivity contribution in [2.45, 2.75) is 25.2 Å². The van der Waals surface area contributed by atoms with Gasteiger partial charge in [0.15, 0.2) is 0 Å². The van der Waals surface area contributed by atoms with Gasteiger partial charge in [-0.15, -0.1) is 0 Å². The highest BCUT2D eigenvalue weighted by Crippen LogP contribution is 2.48. The Kier molecular flexibility index (Phi) is 4.06. The van der Waals surface area contributed by atoms with E-state index in [2.05, 4.69) is 34.5 Å². The van der Waals surface area contributed by atoms with Crippen LogP contribution in [0.25, 0.3) is 0 Å². The molecular weight excluding hydrogens is 248 g/mol. The highest BCUT2D eigenvalue weighted by atomic mass is 16.2. The van der Waals surface area contributed by atoms with Crippen LogP contribution >= 0.6 is 0 Å². The molecule has 0 spiro atoms. The predicted octanol–water partition coefficient (Wildman–Crippen LogP) is 2.25. The van der Waals surface area contributed by atoms with Gasteiger partial charge in [-0.25, -0.2) is 0 Å². The van der Waals surface area contributed by atoms with Gasteiger partial charge < -0.3 is 10.2 Å². The molecule has 1 aliphatic heterocycles. The van der Waals surface area contributed by atoms with E-state index in [1.54, 1.807) is 0 Å². The first-order valence-corrected chi connectivity index (χ1v) is 7.78. The minimum Gasteiger partial charge on any atom is -0.342 e. The Morgan fingerprint density at radius 1 is 1.25 bits per heavy atom. The van der Waals surface area contributed by atoms with Crippen molar-refractivity contribution in [3.8, 4) is 0 Å². The van der Waals surface area contributed by atoms with E-state index in [0.717, 1.165) is 44.8 Å². The fourth-order valence-electron chi connectivity index (χ4n) is 3.42. The van der Waals surface area contributed by atoms with E-state index < -0.39 is 0 Å². The maximum Gasteiger partial charge on any atom is 0.226 e. The Labute approximate surface area is 121 Å². The molecule has 1 amide bonds. The highest BCUT2D eigenvalue weighted by molar-refractivity contribution is 5.83. The number of carbonyl (C=O) groups is 1. The first-order chi connectivity index (χ1) is 9.79. The van der Waals surface area contributed by atoms with Crippen molar-refractivity contribution in [2.24, 2.45) is 11.8 Å². The lowest BCUT2D eigenvalue weighted by Crippen LogP contribution is -2.41. The topological polar surface area (TPSA) is 32.3 Å². The van der Waals surface area contributed by atoms with Gasteiger partial charge in [-0.3, -0.25) is 4.79 Å². The lowest BCUT2D eigenvalue weighted by atomic mass is 9.96. The van der Waals surface area contributed by atoms with Crippen LogP contribution in [0.5, 0.6) is 0 Å². The summed E-state index contributed by atoms with van der Waals surface area (Å²) in [7, 11) is 2.01. The van der Waals surface area contributed by atoms with E-state index in [1.807, 2.05) is 13.1 Å². The Morgan fingerprint density at radius 3 is 2.60 bits per heavy atom. The number of amides is 1.